The van der Waals surface area contributed by atoms with Crippen LogP contribution >= 0.6 is 22.9 Å². The van der Waals surface area contributed by atoms with Crippen molar-refractivity contribution in [2.45, 2.75) is 32.2 Å². The van der Waals surface area contributed by atoms with Gasteiger partial charge in [0.1, 0.15) is 0 Å². The number of nitrogens with one attached hydrogen (secondary N) is 1. The van der Waals surface area contributed by atoms with Gasteiger partial charge >= 0.3 is 0 Å². The Morgan fingerprint density at radius 2 is 2.21 bits per heavy atom. The molecule has 0 aliphatic carbocycles. The van der Waals surface area contributed by atoms with Crippen LogP contribution in [0.4, 0.5) is 0 Å². The Kier molecular flexibility index (Phi) is 4.61. The summed E-state index contributed by atoms with van der Waals surface area (Å²) in [5, 5.41) is 2.33. The minimum Gasteiger partial charge on any atom is -0.258 e. The monoisotopic (exact) mass is 311 g/mol. The van der Waals surface area contributed by atoms with E-state index < -0.39 is 0 Å². The average molecular weight is 311 g/mol. The van der Waals surface area contributed by atoms with Gasteiger partial charge in [0.2, 0.25) is 0 Å². The van der Waals surface area contributed by atoms with Crippen LogP contribution in [0.15, 0.2) is 0 Å². The Labute approximate surface area is 102 Å². The highest BCUT2D eigenvalue weighted by atomic mass is 127. The summed E-state index contributed by atoms with van der Waals surface area (Å²) in [5.74, 6) is 0.757. The summed E-state index contributed by atoms with van der Waals surface area (Å²) < 4.78 is 2.35. The van der Waals surface area contributed by atoms with E-state index in [2.05, 4.69) is 57.3 Å². The minimum absolute atomic E-state index is 0.353. The van der Waals surface area contributed by atoms with E-state index in [4.69, 9.17) is 0 Å². The van der Waals surface area contributed by atoms with Crippen molar-refractivity contribution >= 4 is 22.9 Å². The van der Waals surface area contributed by atoms with E-state index in [9.17, 15) is 0 Å². The van der Waals surface area contributed by atoms with Crippen LogP contribution in [0.1, 0.15) is 26.7 Å². The number of rotatable bonds is 2. The van der Waals surface area contributed by atoms with Gasteiger partial charge in [-0.3, -0.25) is 5.43 Å². The maximum atomic E-state index is 3.26. The summed E-state index contributed by atoms with van der Waals surface area (Å²) in [4.78, 5) is 0. The third-order valence-corrected chi connectivity index (χ3v) is 4.47. The predicted molar refractivity (Wildman–Crippen MR) is 69.2 cm³/mol. The quantitative estimate of drug-likeness (QED) is 0.621. The van der Waals surface area contributed by atoms with E-state index >= 15 is 0 Å². The van der Waals surface area contributed by atoms with Crippen LogP contribution < -0.4 is 5.43 Å². The highest BCUT2D eigenvalue weighted by Gasteiger charge is 2.33. The maximum absolute atomic E-state index is 3.26. The summed E-state index contributed by atoms with van der Waals surface area (Å²) in [6.45, 7) is 7.02. The van der Waals surface area contributed by atoms with Crippen LogP contribution in [0.5, 0.6) is 0 Å². The Balaban J connectivity index is 2.66. The molecular weight excluding hydrogens is 289 g/mol. The fourth-order valence-corrected chi connectivity index (χ4v) is 2.68. The lowest BCUT2D eigenvalue weighted by atomic mass is 9.89. The Morgan fingerprint density at radius 1 is 1.57 bits per heavy atom. The van der Waals surface area contributed by atoms with Crippen molar-refractivity contribution in [1.29, 1.82) is 0 Å². The standard InChI is InChI=1S/C10H22IN3/c1-9-7-10(2,13(4)11)5-6-14(8-9)12-3/h9,12H,5-8H2,1-4H3. The Hall–Kier alpha value is 0.610. The molecule has 1 rings (SSSR count). The van der Waals surface area contributed by atoms with E-state index in [1.165, 1.54) is 12.8 Å². The highest BCUT2D eigenvalue weighted by Crippen LogP contribution is 2.31. The molecule has 1 fully saturated rings. The van der Waals surface area contributed by atoms with Crippen molar-refractivity contribution in [3.63, 3.8) is 0 Å². The van der Waals surface area contributed by atoms with Gasteiger partial charge in [-0.15, -0.1) is 0 Å². The molecule has 2 atom stereocenters. The van der Waals surface area contributed by atoms with Gasteiger partial charge in [-0.2, -0.15) is 0 Å². The third-order valence-electron chi connectivity index (χ3n) is 3.30. The van der Waals surface area contributed by atoms with Crippen molar-refractivity contribution in [3.05, 3.63) is 0 Å². The maximum Gasteiger partial charge on any atom is 0.0289 e. The molecule has 14 heavy (non-hydrogen) atoms. The zero-order chi connectivity index (χ0) is 10.8. The number of hydrazine groups is 1. The van der Waals surface area contributed by atoms with Gasteiger partial charge in [0.15, 0.2) is 0 Å². The van der Waals surface area contributed by atoms with Gasteiger partial charge in [-0.1, -0.05) is 6.92 Å². The SMILES string of the molecule is CNN1CCC(C)(N(C)I)CC(C)C1. The second-order valence-electron chi connectivity index (χ2n) is 4.70. The molecule has 0 aromatic heterocycles. The van der Waals surface area contributed by atoms with Crippen LogP contribution in [0.3, 0.4) is 0 Å². The van der Waals surface area contributed by atoms with Crippen LogP contribution in [0.25, 0.3) is 0 Å². The van der Waals surface area contributed by atoms with Crippen molar-refractivity contribution in [2.24, 2.45) is 5.92 Å². The lowest BCUT2D eigenvalue weighted by molar-refractivity contribution is 0.191. The lowest BCUT2D eigenvalue weighted by Gasteiger charge is -2.35. The Morgan fingerprint density at radius 3 is 2.71 bits per heavy atom. The van der Waals surface area contributed by atoms with E-state index in [1.54, 1.807) is 0 Å². The number of halogens is 1. The molecule has 1 aliphatic heterocycles. The van der Waals surface area contributed by atoms with Crippen LogP contribution in [-0.2, 0) is 0 Å². The second kappa shape index (κ2) is 5.09. The third kappa shape index (κ3) is 3.05. The molecule has 1 heterocycles. The summed E-state index contributed by atoms with van der Waals surface area (Å²) >= 11 is 2.42. The molecule has 1 N–H and O–H groups in total. The minimum atomic E-state index is 0.353. The first-order valence-corrected chi connectivity index (χ1v) is 6.26. The molecule has 1 aliphatic rings. The molecule has 0 spiro atoms. The molecular formula is C10H22IN3. The van der Waals surface area contributed by atoms with Gasteiger partial charge in [-0.25, -0.2) is 8.12 Å². The van der Waals surface area contributed by atoms with Crippen LogP contribution in [-0.4, -0.2) is 40.8 Å². The van der Waals surface area contributed by atoms with Crippen LogP contribution in [0.2, 0.25) is 0 Å². The highest BCUT2D eigenvalue weighted by molar-refractivity contribution is 14.1. The van der Waals surface area contributed by atoms with Crippen molar-refractivity contribution in [3.8, 4) is 0 Å². The first kappa shape index (κ1) is 12.7. The summed E-state index contributed by atoms with van der Waals surface area (Å²) in [6.07, 6.45) is 2.52. The van der Waals surface area contributed by atoms with E-state index in [0.717, 1.165) is 19.0 Å². The largest absolute Gasteiger partial charge is 0.258 e. The molecule has 0 aromatic rings. The number of hydrogen-bond donors (Lipinski definition) is 1. The first-order valence-electron chi connectivity index (χ1n) is 5.30. The van der Waals surface area contributed by atoms with Gasteiger partial charge < -0.3 is 0 Å². The van der Waals surface area contributed by atoms with E-state index in [1.807, 2.05) is 7.05 Å². The number of hydrogen-bond acceptors (Lipinski definition) is 3. The van der Waals surface area contributed by atoms with Gasteiger partial charge in [0.05, 0.1) is 0 Å². The molecule has 3 nitrogen and oxygen atoms in total. The molecule has 0 saturated carbocycles. The van der Waals surface area contributed by atoms with Crippen molar-refractivity contribution in [1.82, 2.24) is 13.5 Å². The molecule has 0 aromatic carbocycles. The van der Waals surface area contributed by atoms with E-state index in [-0.39, 0.29) is 0 Å². The predicted octanol–water partition coefficient (Wildman–Crippen LogP) is 1.89. The van der Waals surface area contributed by atoms with Crippen molar-refractivity contribution < 1.29 is 0 Å². The fourth-order valence-electron chi connectivity index (χ4n) is 2.24. The van der Waals surface area contributed by atoms with Crippen LogP contribution in [0, 0.1) is 5.92 Å². The molecule has 0 amide bonds. The summed E-state index contributed by atoms with van der Waals surface area (Å²) in [6, 6.07) is 0. The molecule has 0 radical (unpaired) electrons. The molecule has 84 valence electrons. The molecule has 4 heteroatoms. The molecule has 2 unspecified atom stereocenters. The summed E-state index contributed by atoms with van der Waals surface area (Å²) in [5.41, 5.74) is 3.62. The molecule has 0 bridgehead atoms. The fraction of sp³-hybridized carbons (Fsp3) is 1.00. The molecule has 1 saturated heterocycles. The second-order valence-corrected chi connectivity index (χ2v) is 6.15. The van der Waals surface area contributed by atoms with Gasteiger partial charge in [0.25, 0.3) is 0 Å². The van der Waals surface area contributed by atoms with Gasteiger partial charge in [-0.05, 0) is 39.8 Å². The topological polar surface area (TPSA) is 18.5 Å². The van der Waals surface area contributed by atoms with Gasteiger partial charge in [0, 0.05) is 41.5 Å². The van der Waals surface area contributed by atoms with Crippen molar-refractivity contribution in [2.75, 3.05) is 27.2 Å². The first-order chi connectivity index (χ1) is 6.48. The smallest absolute Gasteiger partial charge is 0.0289 e. The normalized spacial score (nSPS) is 36.0. The zero-order valence-corrected chi connectivity index (χ0v) is 11.8. The van der Waals surface area contributed by atoms with E-state index in [0.29, 0.717) is 5.54 Å². The lowest BCUT2D eigenvalue weighted by Crippen LogP contribution is -2.40. The Bertz CT molecular complexity index is 186. The zero-order valence-electron chi connectivity index (χ0n) is 9.68. The average Bonchev–Trinajstić information content (AvgIpc) is 2.25. The number of nitrogens with zero attached hydrogens (tertiary/aromatic N) is 2. The summed E-state index contributed by atoms with van der Waals surface area (Å²) in [7, 11) is 4.20.